The number of amides is 2. The standard InChI is InChI=1S/C17H22N4OS/c1-20(2)16-11-13(7-8-18-16)12-19-17(22)21-9-3-5-14(21)15-6-4-10-23-15/h4,6-8,10-11,14H,3,5,9,12H2,1-2H3,(H,19,22)/t14-/m1/s1. The number of carbonyl (C=O) groups is 1. The van der Waals surface area contributed by atoms with Crippen LogP contribution in [0.2, 0.25) is 0 Å². The summed E-state index contributed by atoms with van der Waals surface area (Å²) in [5, 5.41) is 5.12. The van der Waals surface area contributed by atoms with Gasteiger partial charge in [-0.1, -0.05) is 6.07 Å². The number of likely N-dealkylation sites (tertiary alicyclic amines) is 1. The summed E-state index contributed by atoms with van der Waals surface area (Å²) in [6.45, 7) is 1.35. The highest BCUT2D eigenvalue weighted by Crippen LogP contribution is 2.34. The fraction of sp³-hybridized carbons (Fsp3) is 0.412. The van der Waals surface area contributed by atoms with Crippen molar-refractivity contribution in [2.24, 2.45) is 0 Å². The van der Waals surface area contributed by atoms with Crippen LogP contribution in [0.15, 0.2) is 35.8 Å². The second kappa shape index (κ2) is 7.00. The topological polar surface area (TPSA) is 48.5 Å². The molecule has 2 aromatic rings. The number of hydrogen-bond acceptors (Lipinski definition) is 4. The van der Waals surface area contributed by atoms with Crippen LogP contribution in [0.3, 0.4) is 0 Å². The zero-order valence-corrected chi connectivity index (χ0v) is 14.3. The molecule has 1 N–H and O–H groups in total. The molecule has 0 spiro atoms. The summed E-state index contributed by atoms with van der Waals surface area (Å²) in [7, 11) is 3.92. The predicted octanol–water partition coefficient (Wildman–Crippen LogP) is 3.26. The number of rotatable bonds is 4. The number of anilines is 1. The maximum absolute atomic E-state index is 12.5. The minimum absolute atomic E-state index is 0.0177. The van der Waals surface area contributed by atoms with E-state index in [-0.39, 0.29) is 12.1 Å². The van der Waals surface area contributed by atoms with E-state index in [0.29, 0.717) is 6.54 Å². The molecule has 3 heterocycles. The van der Waals surface area contributed by atoms with Gasteiger partial charge in [0, 0.05) is 38.3 Å². The third-order valence-electron chi connectivity index (χ3n) is 4.10. The normalized spacial score (nSPS) is 17.3. The van der Waals surface area contributed by atoms with Crippen LogP contribution in [0.4, 0.5) is 10.6 Å². The lowest BCUT2D eigenvalue weighted by atomic mass is 10.2. The fourth-order valence-corrected chi connectivity index (χ4v) is 3.75. The van der Waals surface area contributed by atoms with Crippen LogP contribution in [-0.2, 0) is 6.54 Å². The van der Waals surface area contributed by atoms with Gasteiger partial charge in [0.25, 0.3) is 0 Å². The number of hydrogen-bond donors (Lipinski definition) is 1. The molecule has 23 heavy (non-hydrogen) atoms. The van der Waals surface area contributed by atoms with E-state index in [0.717, 1.165) is 30.8 Å². The molecule has 6 heteroatoms. The SMILES string of the molecule is CN(C)c1cc(CNC(=O)N2CCC[C@@H]2c2cccs2)ccn1. The molecule has 2 aromatic heterocycles. The van der Waals surface area contributed by atoms with E-state index in [1.54, 1.807) is 17.5 Å². The zero-order chi connectivity index (χ0) is 16.2. The third kappa shape index (κ3) is 3.64. The highest BCUT2D eigenvalue weighted by atomic mass is 32.1. The average molecular weight is 330 g/mol. The third-order valence-corrected chi connectivity index (χ3v) is 5.07. The average Bonchev–Trinajstić information content (AvgIpc) is 3.23. The molecule has 0 aliphatic carbocycles. The number of aromatic nitrogens is 1. The van der Waals surface area contributed by atoms with E-state index < -0.39 is 0 Å². The molecule has 3 rings (SSSR count). The van der Waals surface area contributed by atoms with Gasteiger partial charge in [0.2, 0.25) is 0 Å². The second-order valence-corrected chi connectivity index (χ2v) is 6.92. The maximum atomic E-state index is 12.5. The summed E-state index contributed by atoms with van der Waals surface area (Å²) in [4.78, 5) is 22.0. The van der Waals surface area contributed by atoms with Crippen LogP contribution in [0, 0.1) is 0 Å². The second-order valence-electron chi connectivity index (χ2n) is 5.94. The van der Waals surface area contributed by atoms with Crippen molar-refractivity contribution in [2.45, 2.75) is 25.4 Å². The molecule has 0 aromatic carbocycles. The monoisotopic (exact) mass is 330 g/mol. The van der Waals surface area contributed by atoms with Crippen LogP contribution in [0.5, 0.6) is 0 Å². The molecule has 5 nitrogen and oxygen atoms in total. The Morgan fingerprint density at radius 2 is 2.35 bits per heavy atom. The smallest absolute Gasteiger partial charge is 0.318 e. The molecule has 0 unspecified atom stereocenters. The van der Waals surface area contributed by atoms with Crippen molar-refractivity contribution in [1.82, 2.24) is 15.2 Å². The van der Waals surface area contributed by atoms with Crippen molar-refractivity contribution < 1.29 is 4.79 Å². The van der Waals surface area contributed by atoms with Gasteiger partial charge >= 0.3 is 6.03 Å². The van der Waals surface area contributed by atoms with Gasteiger partial charge in [0.15, 0.2) is 0 Å². The van der Waals surface area contributed by atoms with E-state index >= 15 is 0 Å². The van der Waals surface area contributed by atoms with E-state index in [1.807, 2.05) is 42.1 Å². The first-order valence-electron chi connectivity index (χ1n) is 7.85. The Kier molecular flexibility index (Phi) is 4.81. The number of pyridine rings is 1. The fourth-order valence-electron chi connectivity index (χ4n) is 2.88. The molecule has 1 saturated heterocycles. The Labute approximate surface area is 140 Å². The largest absolute Gasteiger partial charge is 0.363 e. The molecule has 1 atom stereocenters. The summed E-state index contributed by atoms with van der Waals surface area (Å²) < 4.78 is 0. The quantitative estimate of drug-likeness (QED) is 0.936. The Morgan fingerprint density at radius 3 is 3.09 bits per heavy atom. The van der Waals surface area contributed by atoms with Crippen molar-refractivity contribution in [3.63, 3.8) is 0 Å². The summed E-state index contributed by atoms with van der Waals surface area (Å²) in [6.07, 6.45) is 3.89. The summed E-state index contributed by atoms with van der Waals surface area (Å²) in [5.74, 6) is 0.898. The molecular weight excluding hydrogens is 308 g/mol. The van der Waals surface area contributed by atoms with Gasteiger partial charge in [-0.3, -0.25) is 0 Å². The first-order valence-corrected chi connectivity index (χ1v) is 8.73. The lowest BCUT2D eigenvalue weighted by molar-refractivity contribution is 0.193. The van der Waals surface area contributed by atoms with Crippen molar-refractivity contribution in [3.8, 4) is 0 Å². The molecule has 0 saturated carbocycles. The Morgan fingerprint density at radius 1 is 1.48 bits per heavy atom. The van der Waals surface area contributed by atoms with Crippen LogP contribution in [0.1, 0.15) is 29.3 Å². The Hall–Kier alpha value is -2.08. The molecule has 0 radical (unpaired) electrons. The highest BCUT2D eigenvalue weighted by Gasteiger charge is 2.30. The summed E-state index contributed by atoms with van der Waals surface area (Å²) in [5.41, 5.74) is 1.06. The van der Waals surface area contributed by atoms with E-state index in [1.165, 1.54) is 4.88 Å². The van der Waals surface area contributed by atoms with Crippen molar-refractivity contribution >= 4 is 23.2 Å². The van der Waals surface area contributed by atoms with E-state index in [2.05, 4.69) is 21.7 Å². The van der Waals surface area contributed by atoms with Crippen LogP contribution >= 0.6 is 11.3 Å². The van der Waals surface area contributed by atoms with Gasteiger partial charge in [0.05, 0.1) is 6.04 Å². The Balaban J connectivity index is 1.62. The van der Waals surface area contributed by atoms with Crippen molar-refractivity contribution in [2.75, 3.05) is 25.5 Å². The van der Waals surface area contributed by atoms with Crippen molar-refractivity contribution in [1.29, 1.82) is 0 Å². The molecule has 122 valence electrons. The zero-order valence-electron chi connectivity index (χ0n) is 13.5. The highest BCUT2D eigenvalue weighted by molar-refractivity contribution is 7.10. The number of carbonyl (C=O) groups excluding carboxylic acids is 1. The first-order chi connectivity index (χ1) is 11.1. The molecule has 1 aliphatic heterocycles. The minimum atomic E-state index is 0.0177. The Bertz CT molecular complexity index is 656. The van der Waals surface area contributed by atoms with Crippen LogP contribution in [0.25, 0.3) is 0 Å². The summed E-state index contributed by atoms with van der Waals surface area (Å²) >= 11 is 1.73. The number of nitrogens with one attached hydrogen (secondary N) is 1. The molecular formula is C17H22N4OS. The van der Waals surface area contributed by atoms with Crippen LogP contribution < -0.4 is 10.2 Å². The van der Waals surface area contributed by atoms with Crippen LogP contribution in [-0.4, -0.2) is 36.6 Å². The van der Waals surface area contributed by atoms with E-state index in [9.17, 15) is 4.79 Å². The lowest BCUT2D eigenvalue weighted by Gasteiger charge is -2.24. The summed E-state index contributed by atoms with van der Waals surface area (Å²) in [6, 6.07) is 8.35. The van der Waals surface area contributed by atoms with Gasteiger partial charge in [-0.05, 0) is 42.0 Å². The predicted molar refractivity (Wildman–Crippen MR) is 93.8 cm³/mol. The molecule has 0 bridgehead atoms. The van der Waals surface area contributed by atoms with Gasteiger partial charge < -0.3 is 15.1 Å². The maximum Gasteiger partial charge on any atom is 0.318 e. The van der Waals surface area contributed by atoms with Gasteiger partial charge in [-0.15, -0.1) is 11.3 Å². The number of urea groups is 1. The number of nitrogens with zero attached hydrogens (tertiary/aromatic N) is 3. The lowest BCUT2D eigenvalue weighted by Crippen LogP contribution is -2.38. The van der Waals surface area contributed by atoms with Gasteiger partial charge in [0.1, 0.15) is 5.82 Å². The minimum Gasteiger partial charge on any atom is -0.363 e. The van der Waals surface area contributed by atoms with Crippen molar-refractivity contribution in [3.05, 3.63) is 46.3 Å². The number of thiophene rings is 1. The molecule has 1 aliphatic rings. The molecule has 1 fully saturated rings. The molecule has 2 amide bonds. The van der Waals surface area contributed by atoms with Gasteiger partial charge in [-0.25, -0.2) is 9.78 Å². The first kappa shape index (κ1) is 15.8. The van der Waals surface area contributed by atoms with Gasteiger partial charge in [-0.2, -0.15) is 0 Å². The van der Waals surface area contributed by atoms with E-state index in [4.69, 9.17) is 0 Å².